The number of aromatic nitrogens is 2. The Balaban J connectivity index is 2.43. The number of alkyl halides is 3. The van der Waals surface area contributed by atoms with Crippen LogP contribution < -0.4 is 9.47 Å². The summed E-state index contributed by atoms with van der Waals surface area (Å²) in [5.74, 6) is -1.07. The van der Waals surface area contributed by atoms with E-state index >= 15 is 0 Å². The van der Waals surface area contributed by atoms with Gasteiger partial charge in [-0.2, -0.15) is 23.1 Å². The lowest BCUT2D eigenvalue weighted by Crippen LogP contribution is -2.11. The Morgan fingerprint density at radius 3 is 2.43 bits per heavy atom. The van der Waals surface area contributed by atoms with Gasteiger partial charge in [0.05, 0.1) is 14.2 Å². The van der Waals surface area contributed by atoms with Crippen molar-refractivity contribution < 1.29 is 32.2 Å². The average molecular weight is 328 g/mol. The van der Waals surface area contributed by atoms with Crippen LogP contribution in [0.15, 0.2) is 30.3 Å². The number of ether oxygens (including phenoxy) is 3. The molecule has 1 aromatic heterocycles. The van der Waals surface area contributed by atoms with Crippen LogP contribution >= 0.6 is 0 Å². The Morgan fingerprint density at radius 1 is 1.13 bits per heavy atom. The summed E-state index contributed by atoms with van der Waals surface area (Å²) in [6.07, 6.45) is -4.70. The first-order chi connectivity index (χ1) is 10.8. The normalized spacial score (nSPS) is 11.0. The maximum atomic E-state index is 12.8. The summed E-state index contributed by atoms with van der Waals surface area (Å²) in [5, 5.41) is 0. The van der Waals surface area contributed by atoms with Crippen molar-refractivity contribution in [1.82, 2.24) is 9.97 Å². The maximum absolute atomic E-state index is 12.8. The molecule has 0 amide bonds. The Hall–Kier alpha value is -2.84. The Kier molecular flexibility index (Phi) is 4.68. The smallest absolute Gasteiger partial charge is 0.433 e. The third-order valence-electron chi connectivity index (χ3n) is 2.68. The molecule has 0 fully saturated rings. The highest BCUT2D eigenvalue weighted by atomic mass is 19.4. The molecule has 1 aromatic carbocycles. The second-order valence-electron chi connectivity index (χ2n) is 4.17. The lowest BCUT2D eigenvalue weighted by molar-refractivity contribution is -0.141. The summed E-state index contributed by atoms with van der Waals surface area (Å²) < 4.78 is 52.9. The third-order valence-corrected chi connectivity index (χ3v) is 2.68. The summed E-state index contributed by atoms with van der Waals surface area (Å²) in [6.45, 7) is 0. The van der Waals surface area contributed by atoms with Crippen molar-refractivity contribution >= 4 is 5.97 Å². The van der Waals surface area contributed by atoms with Gasteiger partial charge in [-0.3, -0.25) is 0 Å². The van der Waals surface area contributed by atoms with Crippen molar-refractivity contribution in [2.45, 2.75) is 6.18 Å². The van der Waals surface area contributed by atoms with E-state index in [9.17, 15) is 18.0 Å². The molecule has 0 saturated carbocycles. The first-order valence-electron chi connectivity index (χ1n) is 6.20. The number of hydrogen-bond acceptors (Lipinski definition) is 6. The van der Waals surface area contributed by atoms with Gasteiger partial charge in [-0.1, -0.05) is 12.1 Å². The molecule has 0 spiro atoms. The van der Waals surface area contributed by atoms with E-state index in [1.165, 1.54) is 25.3 Å². The van der Waals surface area contributed by atoms with E-state index < -0.39 is 23.8 Å². The molecule has 0 saturated heterocycles. The van der Waals surface area contributed by atoms with Gasteiger partial charge < -0.3 is 14.2 Å². The van der Waals surface area contributed by atoms with E-state index in [0.717, 1.165) is 7.11 Å². The topological polar surface area (TPSA) is 70.5 Å². The first-order valence-corrected chi connectivity index (χ1v) is 6.20. The Morgan fingerprint density at radius 2 is 1.83 bits per heavy atom. The third kappa shape index (κ3) is 3.87. The van der Waals surface area contributed by atoms with Crippen molar-refractivity contribution in [3.8, 4) is 17.6 Å². The minimum absolute atomic E-state index is 0.0231. The highest BCUT2D eigenvalue weighted by Crippen LogP contribution is 2.32. The van der Waals surface area contributed by atoms with Gasteiger partial charge in [0, 0.05) is 6.07 Å². The number of carbonyl (C=O) groups is 1. The number of hydrogen-bond donors (Lipinski definition) is 0. The summed E-state index contributed by atoms with van der Waals surface area (Å²) >= 11 is 0. The lowest BCUT2D eigenvalue weighted by atomic mass is 10.2. The van der Waals surface area contributed by atoms with Gasteiger partial charge >= 0.3 is 18.2 Å². The van der Waals surface area contributed by atoms with Crippen molar-refractivity contribution in [3.05, 3.63) is 41.6 Å². The van der Waals surface area contributed by atoms with Gasteiger partial charge in [0.15, 0.2) is 5.69 Å². The number of nitrogens with zero attached hydrogens (tertiary/aromatic N) is 2. The van der Waals surface area contributed by atoms with Crippen LogP contribution in [0, 0.1) is 0 Å². The Bertz CT molecular complexity index is 719. The number of methoxy groups -OCH3 is 2. The second kappa shape index (κ2) is 6.51. The van der Waals surface area contributed by atoms with Gasteiger partial charge in [-0.15, -0.1) is 0 Å². The fourth-order valence-electron chi connectivity index (χ4n) is 1.63. The van der Waals surface area contributed by atoms with E-state index in [4.69, 9.17) is 9.47 Å². The predicted octanol–water partition coefficient (Wildman–Crippen LogP) is 3.08. The van der Waals surface area contributed by atoms with Crippen molar-refractivity contribution in [1.29, 1.82) is 0 Å². The van der Waals surface area contributed by atoms with Crippen LogP contribution in [0.25, 0.3) is 0 Å². The molecule has 2 aromatic rings. The van der Waals surface area contributed by atoms with Crippen LogP contribution in [-0.2, 0) is 10.9 Å². The number of halogens is 3. The molecule has 6 nitrogen and oxygen atoms in total. The standard InChI is InChI=1S/C14H11F3N2O4/c1-21-11-7-10(14(15,16)17)18-13(19-11)23-9-6-4-3-5-8(9)12(20)22-2/h3-7H,1-2H3. The second-order valence-corrected chi connectivity index (χ2v) is 4.17. The molecule has 0 atom stereocenters. The molecule has 9 heteroatoms. The highest BCUT2D eigenvalue weighted by Gasteiger charge is 2.34. The van der Waals surface area contributed by atoms with Crippen LogP contribution in [0.3, 0.4) is 0 Å². The molecule has 0 aliphatic rings. The minimum Gasteiger partial charge on any atom is -0.481 e. The van der Waals surface area contributed by atoms with E-state index in [-0.39, 0.29) is 17.2 Å². The van der Waals surface area contributed by atoms with Crippen molar-refractivity contribution in [2.24, 2.45) is 0 Å². The quantitative estimate of drug-likeness (QED) is 0.803. The monoisotopic (exact) mass is 328 g/mol. The molecular weight excluding hydrogens is 317 g/mol. The largest absolute Gasteiger partial charge is 0.481 e. The number of benzene rings is 1. The summed E-state index contributed by atoms with van der Waals surface area (Å²) in [6, 6.07) is 5.89. The molecule has 122 valence electrons. The predicted molar refractivity (Wildman–Crippen MR) is 71.4 cm³/mol. The van der Waals surface area contributed by atoms with Gasteiger partial charge in [0.2, 0.25) is 5.88 Å². The van der Waals surface area contributed by atoms with Crippen molar-refractivity contribution in [3.63, 3.8) is 0 Å². The molecule has 0 N–H and O–H groups in total. The molecule has 0 aliphatic heterocycles. The van der Waals surface area contributed by atoms with Gasteiger partial charge in [0.1, 0.15) is 11.3 Å². The average Bonchev–Trinajstić information content (AvgIpc) is 2.53. The van der Waals surface area contributed by atoms with E-state index in [1.807, 2.05) is 0 Å². The summed E-state index contributed by atoms with van der Waals surface area (Å²) in [4.78, 5) is 18.6. The number of rotatable bonds is 4. The van der Waals surface area contributed by atoms with Crippen LogP contribution in [0.2, 0.25) is 0 Å². The molecular formula is C14H11F3N2O4. The van der Waals surface area contributed by atoms with Crippen LogP contribution in [0.5, 0.6) is 17.6 Å². The van der Waals surface area contributed by atoms with E-state index in [2.05, 4.69) is 14.7 Å². The Labute approximate surface area is 128 Å². The van der Waals surface area contributed by atoms with Gasteiger partial charge in [-0.05, 0) is 12.1 Å². The maximum Gasteiger partial charge on any atom is 0.433 e. The number of esters is 1. The highest BCUT2D eigenvalue weighted by molar-refractivity contribution is 5.92. The molecule has 0 bridgehead atoms. The van der Waals surface area contributed by atoms with Crippen LogP contribution in [-0.4, -0.2) is 30.2 Å². The van der Waals surface area contributed by atoms with E-state index in [1.54, 1.807) is 6.07 Å². The zero-order valence-electron chi connectivity index (χ0n) is 12.0. The van der Waals surface area contributed by atoms with Gasteiger partial charge in [-0.25, -0.2) is 4.79 Å². The van der Waals surface area contributed by atoms with Gasteiger partial charge in [0.25, 0.3) is 0 Å². The SMILES string of the molecule is COC(=O)c1ccccc1Oc1nc(OC)cc(C(F)(F)F)n1. The number of carbonyl (C=O) groups excluding carboxylic acids is 1. The minimum atomic E-state index is -4.70. The molecule has 0 unspecified atom stereocenters. The van der Waals surface area contributed by atoms with Crippen molar-refractivity contribution in [2.75, 3.05) is 14.2 Å². The molecule has 0 radical (unpaired) electrons. The number of para-hydroxylation sites is 1. The van der Waals surface area contributed by atoms with Crippen LogP contribution in [0.1, 0.15) is 16.1 Å². The molecule has 0 aliphatic carbocycles. The van der Waals surface area contributed by atoms with E-state index in [0.29, 0.717) is 6.07 Å². The molecule has 1 heterocycles. The lowest BCUT2D eigenvalue weighted by Gasteiger charge is -2.11. The first kappa shape index (κ1) is 16.5. The molecule has 23 heavy (non-hydrogen) atoms. The fourth-order valence-corrected chi connectivity index (χ4v) is 1.63. The zero-order chi connectivity index (χ0) is 17.0. The summed E-state index contributed by atoms with van der Waals surface area (Å²) in [5.41, 5.74) is -1.20. The fraction of sp³-hybridized carbons (Fsp3) is 0.214. The summed E-state index contributed by atoms with van der Waals surface area (Å²) in [7, 11) is 2.33. The molecule has 2 rings (SSSR count). The van der Waals surface area contributed by atoms with Crippen LogP contribution in [0.4, 0.5) is 13.2 Å². The zero-order valence-corrected chi connectivity index (χ0v) is 12.0.